The van der Waals surface area contributed by atoms with Gasteiger partial charge in [0, 0.05) is 12.6 Å². The average Bonchev–Trinajstić information content (AvgIpc) is 2.46. The van der Waals surface area contributed by atoms with E-state index >= 15 is 0 Å². The molecule has 0 aliphatic rings. The predicted molar refractivity (Wildman–Crippen MR) is 54.5 cm³/mol. The molecule has 1 heteroatoms. The summed E-state index contributed by atoms with van der Waals surface area (Å²) in [5.74, 6) is 0.581. The standard InChI is InChI=1S/C11H13N.H2/c1-8(2)11-7-9-5-3-4-6-10(9)12-11;/h3-8,12H,1-2H3;1H. The van der Waals surface area contributed by atoms with Crippen molar-refractivity contribution in [1.29, 1.82) is 0 Å². The van der Waals surface area contributed by atoms with E-state index in [0.717, 1.165) is 0 Å². The lowest BCUT2D eigenvalue weighted by atomic mass is 10.1. The number of hydrogen-bond acceptors (Lipinski definition) is 0. The molecule has 2 aromatic rings. The topological polar surface area (TPSA) is 15.8 Å². The zero-order chi connectivity index (χ0) is 8.55. The maximum atomic E-state index is 3.40. The van der Waals surface area contributed by atoms with Crippen molar-refractivity contribution in [2.45, 2.75) is 19.8 Å². The summed E-state index contributed by atoms with van der Waals surface area (Å²) in [6, 6.07) is 10.6. The first kappa shape index (κ1) is 7.41. The second kappa shape index (κ2) is 2.67. The van der Waals surface area contributed by atoms with E-state index in [2.05, 4.69) is 49.2 Å². The van der Waals surface area contributed by atoms with Gasteiger partial charge in [0.25, 0.3) is 0 Å². The molecule has 0 aliphatic heterocycles. The van der Waals surface area contributed by atoms with E-state index < -0.39 is 0 Å². The number of aromatic amines is 1. The van der Waals surface area contributed by atoms with Crippen LogP contribution in [0, 0.1) is 0 Å². The number of H-pyrrole nitrogens is 1. The van der Waals surface area contributed by atoms with Gasteiger partial charge in [0.15, 0.2) is 0 Å². The minimum atomic E-state index is 0. The highest BCUT2D eigenvalue weighted by Gasteiger charge is 2.02. The fraction of sp³-hybridized carbons (Fsp3) is 0.273. The van der Waals surface area contributed by atoms with Crippen LogP contribution in [0.5, 0.6) is 0 Å². The van der Waals surface area contributed by atoms with Crippen molar-refractivity contribution in [3.63, 3.8) is 0 Å². The largest absolute Gasteiger partial charge is 0.358 e. The molecule has 2 rings (SSSR count). The molecule has 0 saturated heterocycles. The Hall–Kier alpha value is -1.24. The molecule has 0 saturated carbocycles. The lowest BCUT2D eigenvalue weighted by molar-refractivity contribution is 0.836. The predicted octanol–water partition coefficient (Wildman–Crippen LogP) is 3.54. The Morgan fingerprint density at radius 3 is 2.67 bits per heavy atom. The zero-order valence-corrected chi connectivity index (χ0v) is 7.46. The monoisotopic (exact) mass is 161 g/mol. The van der Waals surface area contributed by atoms with Crippen LogP contribution in [0.3, 0.4) is 0 Å². The number of rotatable bonds is 1. The molecule has 1 heterocycles. The van der Waals surface area contributed by atoms with Crippen LogP contribution >= 0.6 is 0 Å². The normalized spacial score (nSPS) is 11.2. The van der Waals surface area contributed by atoms with Gasteiger partial charge in [-0.25, -0.2) is 0 Å². The minimum absolute atomic E-state index is 0. The van der Waals surface area contributed by atoms with Crippen molar-refractivity contribution < 1.29 is 1.43 Å². The van der Waals surface area contributed by atoms with Crippen LogP contribution in [0.4, 0.5) is 0 Å². The highest BCUT2D eigenvalue weighted by molar-refractivity contribution is 5.80. The van der Waals surface area contributed by atoms with Crippen molar-refractivity contribution in [3.8, 4) is 0 Å². The third kappa shape index (κ3) is 1.11. The van der Waals surface area contributed by atoms with Gasteiger partial charge in [0.2, 0.25) is 0 Å². The van der Waals surface area contributed by atoms with Crippen LogP contribution in [0.25, 0.3) is 10.9 Å². The summed E-state index contributed by atoms with van der Waals surface area (Å²) in [6.07, 6.45) is 0. The Kier molecular flexibility index (Phi) is 1.65. The molecule has 0 bridgehead atoms. The Bertz CT molecular complexity index is 357. The second-order valence-electron chi connectivity index (χ2n) is 3.47. The molecule has 1 nitrogen and oxygen atoms in total. The van der Waals surface area contributed by atoms with Gasteiger partial charge < -0.3 is 4.98 Å². The summed E-state index contributed by atoms with van der Waals surface area (Å²) in [5, 5.41) is 1.31. The van der Waals surface area contributed by atoms with Crippen LogP contribution in [-0.4, -0.2) is 4.98 Å². The Balaban J connectivity index is 0.000000845. The Labute approximate surface area is 73.9 Å². The fourth-order valence-corrected chi connectivity index (χ4v) is 1.41. The van der Waals surface area contributed by atoms with Gasteiger partial charge in [-0.1, -0.05) is 32.0 Å². The molecule has 0 fully saturated rings. The number of hydrogen-bond donors (Lipinski definition) is 1. The van der Waals surface area contributed by atoms with Gasteiger partial charge in [0.1, 0.15) is 0 Å². The molecule has 1 aromatic heterocycles. The van der Waals surface area contributed by atoms with Crippen LogP contribution in [0.15, 0.2) is 30.3 Å². The number of fused-ring (bicyclic) bond motifs is 1. The molecular formula is C11H15N. The van der Waals surface area contributed by atoms with Crippen molar-refractivity contribution >= 4 is 10.9 Å². The molecule has 12 heavy (non-hydrogen) atoms. The van der Waals surface area contributed by atoms with Crippen LogP contribution in [-0.2, 0) is 0 Å². The maximum absolute atomic E-state index is 3.40. The summed E-state index contributed by atoms with van der Waals surface area (Å²) >= 11 is 0. The summed E-state index contributed by atoms with van der Waals surface area (Å²) in [6.45, 7) is 4.40. The first-order chi connectivity index (χ1) is 5.77. The van der Waals surface area contributed by atoms with E-state index in [-0.39, 0.29) is 1.43 Å². The van der Waals surface area contributed by atoms with Gasteiger partial charge in [0.05, 0.1) is 0 Å². The van der Waals surface area contributed by atoms with Crippen molar-refractivity contribution in [3.05, 3.63) is 36.0 Å². The molecular weight excluding hydrogens is 146 g/mol. The molecule has 0 spiro atoms. The second-order valence-corrected chi connectivity index (χ2v) is 3.47. The molecule has 0 aliphatic carbocycles. The van der Waals surface area contributed by atoms with E-state index in [4.69, 9.17) is 0 Å². The molecule has 0 atom stereocenters. The SMILES string of the molecule is CC(C)c1cc2ccccc2[nH]1.[HH]. The molecule has 0 unspecified atom stereocenters. The lowest BCUT2D eigenvalue weighted by Gasteiger charge is -1.97. The molecule has 0 radical (unpaired) electrons. The number of aromatic nitrogens is 1. The zero-order valence-electron chi connectivity index (χ0n) is 7.46. The molecule has 0 amide bonds. The van der Waals surface area contributed by atoms with Crippen LogP contribution in [0.1, 0.15) is 26.9 Å². The van der Waals surface area contributed by atoms with Gasteiger partial charge in [-0.15, -0.1) is 0 Å². The van der Waals surface area contributed by atoms with E-state index in [9.17, 15) is 0 Å². The van der Waals surface area contributed by atoms with Gasteiger partial charge >= 0.3 is 0 Å². The average molecular weight is 161 g/mol. The van der Waals surface area contributed by atoms with Crippen LogP contribution < -0.4 is 0 Å². The summed E-state index contributed by atoms with van der Waals surface area (Å²) < 4.78 is 0. The Morgan fingerprint density at radius 1 is 1.25 bits per heavy atom. The third-order valence-electron chi connectivity index (χ3n) is 2.17. The van der Waals surface area contributed by atoms with Crippen molar-refractivity contribution in [1.82, 2.24) is 4.98 Å². The van der Waals surface area contributed by atoms with Gasteiger partial charge in [-0.3, -0.25) is 0 Å². The quantitative estimate of drug-likeness (QED) is 0.658. The first-order valence-corrected chi connectivity index (χ1v) is 4.35. The number of nitrogens with one attached hydrogen (secondary N) is 1. The van der Waals surface area contributed by atoms with E-state index in [1.807, 2.05) is 0 Å². The summed E-state index contributed by atoms with van der Waals surface area (Å²) in [4.78, 5) is 3.40. The minimum Gasteiger partial charge on any atom is -0.358 e. The first-order valence-electron chi connectivity index (χ1n) is 4.35. The lowest BCUT2D eigenvalue weighted by Crippen LogP contribution is -1.84. The number of para-hydroxylation sites is 1. The van der Waals surface area contributed by atoms with Crippen molar-refractivity contribution in [2.75, 3.05) is 0 Å². The van der Waals surface area contributed by atoms with Gasteiger partial charge in [-0.2, -0.15) is 0 Å². The highest BCUT2D eigenvalue weighted by Crippen LogP contribution is 2.20. The summed E-state index contributed by atoms with van der Waals surface area (Å²) in [7, 11) is 0. The molecule has 1 N–H and O–H groups in total. The smallest absolute Gasteiger partial charge is 0.0456 e. The van der Waals surface area contributed by atoms with E-state index in [0.29, 0.717) is 5.92 Å². The molecule has 1 aromatic carbocycles. The number of benzene rings is 1. The van der Waals surface area contributed by atoms with E-state index in [1.165, 1.54) is 16.6 Å². The van der Waals surface area contributed by atoms with E-state index in [1.54, 1.807) is 0 Å². The van der Waals surface area contributed by atoms with Gasteiger partial charge in [-0.05, 0) is 23.4 Å². The van der Waals surface area contributed by atoms with Crippen molar-refractivity contribution in [2.24, 2.45) is 0 Å². The van der Waals surface area contributed by atoms with Crippen LogP contribution in [0.2, 0.25) is 0 Å². The highest BCUT2D eigenvalue weighted by atomic mass is 14.7. The summed E-state index contributed by atoms with van der Waals surface area (Å²) in [5.41, 5.74) is 2.55. The molecule has 64 valence electrons. The Morgan fingerprint density at radius 2 is 2.00 bits per heavy atom. The maximum Gasteiger partial charge on any atom is 0.0456 e. The fourth-order valence-electron chi connectivity index (χ4n) is 1.41. The third-order valence-corrected chi connectivity index (χ3v) is 2.17.